The van der Waals surface area contributed by atoms with Crippen molar-refractivity contribution in [3.63, 3.8) is 0 Å². The molecule has 3 aromatic carbocycles. The molecule has 1 aliphatic heterocycles. The summed E-state index contributed by atoms with van der Waals surface area (Å²) in [5.74, 6) is -0.404. The van der Waals surface area contributed by atoms with Gasteiger partial charge in [0.15, 0.2) is 6.23 Å². The van der Waals surface area contributed by atoms with Crippen LogP contribution >= 0.6 is 15.9 Å². The third-order valence-corrected chi connectivity index (χ3v) is 7.40. The van der Waals surface area contributed by atoms with Gasteiger partial charge in [0.1, 0.15) is 11.9 Å². The topological polar surface area (TPSA) is 83.1 Å². The van der Waals surface area contributed by atoms with Crippen molar-refractivity contribution in [2.24, 2.45) is 0 Å². The first-order valence-electron chi connectivity index (χ1n) is 12.3. The number of H-pyrrole nitrogens is 2. The summed E-state index contributed by atoms with van der Waals surface area (Å²) in [6.07, 6.45) is 3.34. The summed E-state index contributed by atoms with van der Waals surface area (Å²) in [6.45, 7) is 2.19. The Morgan fingerprint density at radius 2 is 1.68 bits per heavy atom. The maximum absolute atomic E-state index is 13.7. The molecule has 5 aromatic rings. The van der Waals surface area contributed by atoms with Crippen LogP contribution in [0.2, 0.25) is 0 Å². The van der Waals surface area contributed by atoms with Crippen molar-refractivity contribution in [2.45, 2.75) is 25.7 Å². The van der Waals surface area contributed by atoms with Gasteiger partial charge in [-0.25, -0.2) is 9.18 Å². The summed E-state index contributed by atoms with van der Waals surface area (Å²) in [4.78, 5) is 32.1. The number of fused-ring (bicyclic) bond motifs is 1. The molecule has 0 bridgehead atoms. The fraction of sp³-hybridized carbons (Fsp3) is 0.172. The van der Waals surface area contributed by atoms with Crippen LogP contribution in [0.4, 0.5) is 4.39 Å². The van der Waals surface area contributed by atoms with E-state index in [-0.39, 0.29) is 17.4 Å². The molecule has 38 heavy (non-hydrogen) atoms. The van der Waals surface area contributed by atoms with E-state index in [2.05, 4.69) is 25.9 Å². The summed E-state index contributed by atoms with van der Waals surface area (Å²) < 4.78 is 22.9. The number of carbonyl (C=O) groups is 1. The van der Waals surface area contributed by atoms with Crippen molar-refractivity contribution < 1.29 is 13.9 Å². The summed E-state index contributed by atoms with van der Waals surface area (Å²) in [6, 6.07) is 20.0. The van der Waals surface area contributed by atoms with Crippen LogP contribution in [0.3, 0.4) is 0 Å². The van der Waals surface area contributed by atoms with Gasteiger partial charge in [-0.2, -0.15) is 0 Å². The molecule has 1 fully saturated rings. The van der Waals surface area contributed by atoms with Gasteiger partial charge in [-0.3, -0.25) is 4.79 Å². The Morgan fingerprint density at radius 1 is 0.947 bits per heavy atom. The van der Waals surface area contributed by atoms with Gasteiger partial charge in [-0.15, -0.1) is 0 Å². The van der Waals surface area contributed by atoms with E-state index in [1.165, 1.54) is 12.1 Å². The van der Waals surface area contributed by atoms with Crippen molar-refractivity contribution in [3.8, 4) is 16.8 Å². The van der Waals surface area contributed by atoms with Gasteiger partial charge in [-0.05, 0) is 73.0 Å². The predicted octanol–water partition coefficient (Wildman–Crippen LogP) is 5.70. The lowest BCUT2D eigenvalue weighted by atomic mass is 10.0. The Balaban J connectivity index is 1.36. The lowest BCUT2D eigenvalue weighted by molar-refractivity contribution is -0.130. The van der Waals surface area contributed by atoms with E-state index in [0.717, 1.165) is 43.4 Å². The quantitative estimate of drug-likeness (QED) is 0.273. The van der Waals surface area contributed by atoms with Crippen LogP contribution in [-0.2, 0) is 16.0 Å². The second-order valence-electron chi connectivity index (χ2n) is 9.39. The minimum absolute atomic E-state index is 0.0902. The highest BCUT2D eigenvalue weighted by Crippen LogP contribution is 2.39. The van der Waals surface area contributed by atoms with E-state index < -0.39 is 12.3 Å². The molecule has 7 nitrogen and oxygen atoms in total. The lowest BCUT2D eigenvalue weighted by Gasteiger charge is -2.24. The van der Waals surface area contributed by atoms with Crippen molar-refractivity contribution in [2.75, 3.05) is 6.54 Å². The summed E-state index contributed by atoms with van der Waals surface area (Å²) in [7, 11) is 0. The number of nitrogens with zero attached hydrogens (tertiary/aromatic N) is 2. The Kier molecular flexibility index (Phi) is 6.25. The third-order valence-electron chi connectivity index (χ3n) is 6.87. The zero-order valence-electron chi connectivity index (χ0n) is 20.4. The normalized spacial score (nSPS) is 17.6. The minimum atomic E-state index is -0.606. The Hall–Kier alpha value is -3.95. The van der Waals surface area contributed by atoms with Crippen molar-refractivity contribution in [1.82, 2.24) is 19.4 Å². The van der Waals surface area contributed by atoms with Crippen molar-refractivity contribution in [3.05, 3.63) is 111 Å². The van der Waals surface area contributed by atoms with Crippen LogP contribution in [0.25, 0.3) is 27.8 Å². The van der Waals surface area contributed by atoms with Gasteiger partial charge < -0.3 is 24.2 Å². The largest absolute Gasteiger partial charge is 0.341 e. The summed E-state index contributed by atoms with van der Waals surface area (Å²) >= 11 is 3.48. The highest BCUT2D eigenvalue weighted by Gasteiger charge is 2.40. The molecule has 0 radical (unpaired) electrons. The number of rotatable bonds is 6. The molecular formula is C29H24BrFN4O3. The van der Waals surface area contributed by atoms with Crippen LogP contribution in [0.15, 0.2) is 88.4 Å². The van der Waals surface area contributed by atoms with E-state index in [4.69, 9.17) is 4.74 Å². The molecule has 6 rings (SSSR count). The highest BCUT2D eigenvalue weighted by molar-refractivity contribution is 9.10. The molecule has 192 valence electrons. The summed E-state index contributed by atoms with van der Waals surface area (Å²) in [5.41, 5.74) is 5.66. The molecule has 0 aliphatic carbocycles. The summed E-state index contributed by atoms with van der Waals surface area (Å²) in [5, 5.41) is 0. The van der Waals surface area contributed by atoms with Crippen molar-refractivity contribution in [1.29, 1.82) is 0 Å². The second kappa shape index (κ2) is 9.74. The van der Waals surface area contributed by atoms with Crippen LogP contribution in [0.5, 0.6) is 0 Å². The molecule has 0 spiro atoms. The number of halogens is 2. The molecular weight excluding hydrogens is 551 g/mol. The second-order valence-corrected chi connectivity index (χ2v) is 10.3. The van der Waals surface area contributed by atoms with E-state index in [9.17, 15) is 14.0 Å². The van der Waals surface area contributed by atoms with Gasteiger partial charge in [0.25, 0.3) is 5.91 Å². The van der Waals surface area contributed by atoms with Gasteiger partial charge in [-0.1, -0.05) is 34.1 Å². The highest BCUT2D eigenvalue weighted by atomic mass is 79.9. The number of aromatic amines is 2. The molecule has 2 aromatic heterocycles. The standard InChI is InChI=1S/C29H24BrFN4O3/c1-17-27(36)35(13-12-18-2-11-25-26(14-18)33-29(37)32-25)28(38-17)24-16-34(22-9-5-20(30)6-10-22)15-23(24)19-3-7-21(31)8-4-19/h2-11,14-17,28H,12-13H2,1H3,(H2,32,33,37)/t17-,28+/m1/s1. The fourth-order valence-corrected chi connectivity index (χ4v) is 5.19. The molecule has 1 saturated heterocycles. The maximum Gasteiger partial charge on any atom is 0.323 e. The zero-order valence-corrected chi connectivity index (χ0v) is 22.0. The fourth-order valence-electron chi connectivity index (χ4n) is 4.93. The molecule has 3 heterocycles. The maximum atomic E-state index is 13.7. The van der Waals surface area contributed by atoms with E-state index >= 15 is 0 Å². The van der Waals surface area contributed by atoms with Gasteiger partial charge in [0.05, 0.1) is 11.0 Å². The Bertz CT molecular complexity index is 1690. The van der Waals surface area contributed by atoms with Gasteiger partial charge >= 0.3 is 5.69 Å². The number of imidazole rings is 1. The number of aromatic nitrogens is 3. The first-order chi connectivity index (χ1) is 18.4. The molecule has 0 unspecified atom stereocenters. The van der Waals surface area contributed by atoms with E-state index in [1.807, 2.05) is 59.4 Å². The Morgan fingerprint density at radius 3 is 2.45 bits per heavy atom. The number of carbonyl (C=O) groups excluding carboxylic acids is 1. The average molecular weight is 575 g/mol. The molecule has 2 atom stereocenters. The van der Waals surface area contributed by atoms with E-state index in [1.54, 1.807) is 24.0 Å². The monoisotopic (exact) mass is 574 g/mol. The molecule has 0 saturated carbocycles. The van der Waals surface area contributed by atoms with Crippen LogP contribution in [0, 0.1) is 5.82 Å². The minimum Gasteiger partial charge on any atom is -0.341 e. The van der Waals surface area contributed by atoms with Crippen LogP contribution < -0.4 is 5.69 Å². The zero-order chi connectivity index (χ0) is 26.4. The first-order valence-corrected chi connectivity index (χ1v) is 13.1. The molecule has 2 N–H and O–H groups in total. The predicted molar refractivity (Wildman–Crippen MR) is 146 cm³/mol. The number of ether oxygens (including phenoxy) is 1. The number of nitrogens with one attached hydrogen (secondary N) is 2. The lowest BCUT2D eigenvalue weighted by Crippen LogP contribution is -2.32. The first kappa shape index (κ1) is 24.4. The number of amides is 1. The van der Waals surface area contributed by atoms with Crippen LogP contribution in [0.1, 0.15) is 24.3 Å². The number of hydrogen-bond donors (Lipinski definition) is 2. The van der Waals surface area contributed by atoms with Gasteiger partial charge in [0, 0.05) is 40.2 Å². The van der Waals surface area contributed by atoms with Crippen LogP contribution in [-0.4, -0.2) is 38.0 Å². The third kappa shape index (κ3) is 4.59. The van der Waals surface area contributed by atoms with Gasteiger partial charge in [0.2, 0.25) is 0 Å². The number of benzene rings is 3. The molecule has 1 aliphatic rings. The SMILES string of the molecule is C[C@H]1O[C@@H](c2cn(-c3ccc(Br)cc3)cc2-c2ccc(F)cc2)N(CCc2ccc3[nH]c(=O)[nH]c3c2)C1=O. The van der Waals surface area contributed by atoms with Crippen molar-refractivity contribution >= 4 is 32.9 Å². The average Bonchev–Trinajstić information content (AvgIpc) is 3.58. The molecule has 9 heteroatoms. The molecule has 1 amide bonds. The number of hydrogen-bond acceptors (Lipinski definition) is 3. The van der Waals surface area contributed by atoms with E-state index in [0.29, 0.717) is 13.0 Å². The smallest absolute Gasteiger partial charge is 0.323 e. The Labute approximate surface area is 226 Å².